The third-order valence-electron chi connectivity index (χ3n) is 3.10. The van der Waals surface area contributed by atoms with Crippen LogP contribution in [0.4, 0.5) is 0 Å². The first-order valence-corrected chi connectivity index (χ1v) is 5.98. The fourth-order valence-corrected chi connectivity index (χ4v) is 1.97. The van der Waals surface area contributed by atoms with Crippen LogP contribution in [0.1, 0.15) is 24.0 Å². The summed E-state index contributed by atoms with van der Waals surface area (Å²) < 4.78 is 0. The first-order valence-electron chi connectivity index (χ1n) is 5.98. The molecule has 0 amide bonds. The summed E-state index contributed by atoms with van der Waals surface area (Å²) in [6, 6.07) is 7.80. The smallest absolute Gasteiger partial charge is 0.128 e. The van der Waals surface area contributed by atoms with Crippen LogP contribution in [-0.4, -0.2) is 23.8 Å². The highest BCUT2D eigenvalue weighted by Crippen LogP contribution is 2.17. The Morgan fingerprint density at radius 3 is 2.71 bits per heavy atom. The van der Waals surface area contributed by atoms with E-state index in [0.717, 1.165) is 24.2 Å². The molecule has 1 aliphatic heterocycles. The molecule has 1 saturated heterocycles. The highest BCUT2D eigenvalue weighted by molar-refractivity contribution is 5.42. The van der Waals surface area contributed by atoms with Gasteiger partial charge >= 0.3 is 0 Å². The minimum Gasteiger partial charge on any atom is -0.377 e. The number of hydrogen-bond acceptors (Lipinski definition) is 3. The molecule has 0 aromatic heterocycles. The van der Waals surface area contributed by atoms with E-state index in [2.05, 4.69) is 17.2 Å². The fraction of sp³-hybridized carbons (Fsp3) is 0.429. The van der Waals surface area contributed by atoms with Gasteiger partial charge in [0.25, 0.3) is 0 Å². The second-order valence-electron chi connectivity index (χ2n) is 4.39. The lowest BCUT2D eigenvalue weighted by Gasteiger charge is -2.27. The molecule has 1 heterocycles. The van der Waals surface area contributed by atoms with Gasteiger partial charge in [0.05, 0.1) is 0 Å². The maximum Gasteiger partial charge on any atom is 0.128 e. The topological polar surface area (TPSA) is 58.3 Å². The van der Waals surface area contributed by atoms with Crippen molar-refractivity contribution in [1.29, 1.82) is 0 Å². The first kappa shape index (κ1) is 12.1. The van der Waals surface area contributed by atoms with E-state index in [1.807, 2.05) is 24.3 Å². The molecule has 0 aliphatic carbocycles. The average Bonchev–Trinajstić information content (AvgIpc) is 2.38. The van der Waals surface area contributed by atoms with Crippen LogP contribution in [0.5, 0.6) is 0 Å². The zero-order valence-corrected chi connectivity index (χ0v) is 9.87. The van der Waals surface area contributed by atoms with E-state index >= 15 is 0 Å². The monoisotopic (exact) mass is 230 g/mol. The highest BCUT2D eigenvalue weighted by atomic mass is 16.3. The number of hydrogen-bond donors (Lipinski definition) is 3. The number of benzene rings is 1. The standard InChI is InChI=1S/C14H18N2O/c15-11-13-4-2-1-3-12(13)5-6-14(17)7-9-16-10-8-14/h1-4,16-17H,7-11,15H2. The van der Waals surface area contributed by atoms with Gasteiger partial charge in [-0.3, -0.25) is 0 Å². The lowest BCUT2D eigenvalue weighted by Crippen LogP contribution is -2.40. The minimum atomic E-state index is -0.840. The molecule has 17 heavy (non-hydrogen) atoms. The molecule has 1 aromatic carbocycles. The van der Waals surface area contributed by atoms with Crippen molar-refractivity contribution in [3.8, 4) is 11.8 Å². The van der Waals surface area contributed by atoms with Crippen molar-refractivity contribution < 1.29 is 5.11 Å². The molecule has 3 nitrogen and oxygen atoms in total. The van der Waals surface area contributed by atoms with Crippen molar-refractivity contribution in [2.75, 3.05) is 13.1 Å². The molecule has 1 aromatic rings. The van der Waals surface area contributed by atoms with Crippen LogP contribution in [0.2, 0.25) is 0 Å². The van der Waals surface area contributed by atoms with Gasteiger partial charge in [-0.15, -0.1) is 0 Å². The summed E-state index contributed by atoms with van der Waals surface area (Å²) in [6.45, 7) is 2.12. The number of piperidine rings is 1. The maximum absolute atomic E-state index is 10.3. The van der Waals surface area contributed by atoms with Gasteiger partial charge in [-0.05, 0) is 37.6 Å². The van der Waals surface area contributed by atoms with Crippen molar-refractivity contribution in [1.82, 2.24) is 5.32 Å². The van der Waals surface area contributed by atoms with Crippen LogP contribution >= 0.6 is 0 Å². The predicted molar refractivity (Wildman–Crippen MR) is 68.3 cm³/mol. The Hall–Kier alpha value is -1.34. The Morgan fingerprint density at radius 1 is 1.29 bits per heavy atom. The van der Waals surface area contributed by atoms with Gasteiger partial charge in [-0.25, -0.2) is 0 Å². The predicted octanol–water partition coefficient (Wildman–Crippen LogP) is 0.611. The maximum atomic E-state index is 10.3. The molecule has 0 spiro atoms. The molecule has 0 saturated carbocycles. The third-order valence-corrected chi connectivity index (χ3v) is 3.10. The Bertz CT molecular complexity index is 439. The van der Waals surface area contributed by atoms with E-state index < -0.39 is 5.60 Å². The Labute approximate surface area is 102 Å². The molecule has 1 fully saturated rings. The van der Waals surface area contributed by atoms with Crippen molar-refractivity contribution >= 4 is 0 Å². The van der Waals surface area contributed by atoms with E-state index in [1.165, 1.54) is 0 Å². The van der Waals surface area contributed by atoms with Gasteiger partial charge in [0.1, 0.15) is 5.60 Å². The molecule has 3 heteroatoms. The molecule has 4 N–H and O–H groups in total. The molecule has 2 rings (SSSR count). The van der Waals surface area contributed by atoms with E-state index in [0.29, 0.717) is 19.4 Å². The van der Waals surface area contributed by atoms with Gasteiger partial charge in [-0.2, -0.15) is 0 Å². The fourth-order valence-electron chi connectivity index (χ4n) is 1.97. The first-order chi connectivity index (χ1) is 8.23. The summed E-state index contributed by atoms with van der Waals surface area (Å²) >= 11 is 0. The number of rotatable bonds is 1. The van der Waals surface area contributed by atoms with Crippen LogP contribution in [-0.2, 0) is 6.54 Å². The Kier molecular flexibility index (Phi) is 3.80. The van der Waals surface area contributed by atoms with Crippen LogP contribution in [0.15, 0.2) is 24.3 Å². The summed E-state index contributed by atoms with van der Waals surface area (Å²) in [4.78, 5) is 0. The van der Waals surface area contributed by atoms with Crippen LogP contribution in [0, 0.1) is 11.8 Å². The number of nitrogens with two attached hydrogens (primary N) is 1. The van der Waals surface area contributed by atoms with E-state index in [-0.39, 0.29) is 0 Å². The lowest BCUT2D eigenvalue weighted by atomic mass is 9.92. The molecule has 1 aliphatic rings. The molecule has 90 valence electrons. The van der Waals surface area contributed by atoms with Crippen LogP contribution in [0.25, 0.3) is 0 Å². The molecular weight excluding hydrogens is 212 g/mol. The van der Waals surface area contributed by atoms with Gasteiger partial charge in [0.2, 0.25) is 0 Å². The zero-order valence-electron chi connectivity index (χ0n) is 9.87. The second-order valence-corrected chi connectivity index (χ2v) is 4.39. The Morgan fingerprint density at radius 2 is 2.00 bits per heavy atom. The van der Waals surface area contributed by atoms with E-state index in [1.54, 1.807) is 0 Å². The minimum absolute atomic E-state index is 0.477. The highest BCUT2D eigenvalue weighted by Gasteiger charge is 2.26. The third kappa shape index (κ3) is 3.07. The molecular formula is C14H18N2O. The van der Waals surface area contributed by atoms with Crippen molar-refractivity contribution in [3.05, 3.63) is 35.4 Å². The van der Waals surface area contributed by atoms with Gasteiger partial charge in [0, 0.05) is 12.1 Å². The average molecular weight is 230 g/mol. The van der Waals surface area contributed by atoms with Crippen LogP contribution < -0.4 is 11.1 Å². The lowest BCUT2D eigenvalue weighted by molar-refractivity contribution is 0.0679. The largest absolute Gasteiger partial charge is 0.377 e. The van der Waals surface area contributed by atoms with Crippen molar-refractivity contribution in [3.63, 3.8) is 0 Å². The summed E-state index contributed by atoms with van der Waals surface area (Å²) in [5.41, 5.74) is 6.76. The summed E-state index contributed by atoms with van der Waals surface area (Å²) in [6.07, 6.45) is 1.37. The Balaban J connectivity index is 2.20. The number of aliphatic hydroxyl groups is 1. The molecule has 0 bridgehead atoms. The SMILES string of the molecule is NCc1ccccc1C#CC1(O)CCNCC1. The van der Waals surface area contributed by atoms with Crippen molar-refractivity contribution in [2.45, 2.75) is 25.0 Å². The van der Waals surface area contributed by atoms with Gasteiger partial charge < -0.3 is 16.2 Å². The zero-order chi connectivity index (χ0) is 12.1. The quantitative estimate of drug-likeness (QED) is 0.620. The molecule has 0 atom stereocenters. The van der Waals surface area contributed by atoms with Crippen molar-refractivity contribution in [2.24, 2.45) is 5.73 Å². The van der Waals surface area contributed by atoms with Gasteiger partial charge in [0.15, 0.2) is 0 Å². The summed E-state index contributed by atoms with van der Waals surface area (Å²) in [7, 11) is 0. The number of nitrogens with one attached hydrogen (secondary N) is 1. The normalized spacial score (nSPS) is 18.2. The summed E-state index contributed by atoms with van der Waals surface area (Å²) in [5.74, 6) is 6.07. The van der Waals surface area contributed by atoms with Gasteiger partial charge in [-0.1, -0.05) is 30.0 Å². The van der Waals surface area contributed by atoms with E-state index in [4.69, 9.17) is 5.73 Å². The van der Waals surface area contributed by atoms with Crippen LogP contribution in [0.3, 0.4) is 0 Å². The molecule has 0 unspecified atom stereocenters. The van der Waals surface area contributed by atoms with E-state index in [9.17, 15) is 5.11 Å². The molecule has 0 radical (unpaired) electrons. The summed E-state index contributed by atoms with van der Waals surface area (Å²) in [5, 5.41) is 13.5. The second kappa shape index (κ2) is 5.33.